The number of nitrogens with one attached hydrogen (secondary N) is 2. The van der Waals surface area contributed by atoms with Crippen molar-refractivity contribution < 1.29 is 15.0 Å². The summed E-state index contributed by atoms with van der Waals surface area (Å²) in [6, 6.07) is 19.7. The van der Waals surface area contributed by atoms with E-state index in [0.29, 0.717) is 42.4 Å². The zero-order chi connectivity index (χ0) is 29.5. The minimum Gasteiger partial charge on any atom is -0.388 e. The molecule has 11 nitrogen and oxygen atoms in total. The fourth-order valence-electron chi connectivity index (χ4n) is 6.45. The van der Waals surface area contributed by atoms with E-state index in [9.17, 15) is 15.0 Å². The Morgan fingerprint density at radius 2 is 1.67 bits per heavy atom. The summed E-state index contributed by atoms with van der Waals surface area (Å²) in [5.41, 5.74) is 9.76. The second-order valence-electron chi connectivity index (χ2n) is 12.1. The molecule has 1 aliphatic heterocycles. The van der Waals surface area contributed by atoms with Gasteiger partial charge in [0.05, 0.1) is 18.4 Å². The Bertz CT molecular complexity index is 1540. The predicted molar refractivity (Wildman–Crippen MR) is 164 cm³/mol. The molecule has 224 valence electrons. The summed E-state index contributed by atoms with van der Waals surface area (Å²) >= 11 is 0. The van der Waals surface area contributed by atoms with E-state index in [-0.39, 0.29) is 23.8 Å². The molecule has 3 heterocycles. The van der Waals surface area contributed by atoms with Crippen molar-refractivity contribution in [3.8, 4) is 0 Å². The van der Waals surface area contributed by atoms with E-state index >= 15 is 0 Å². The third-order valence-corrected chi connectivity index (χ3v) is 9.08. The second kappa shape index (κ2) is 11.6. The number of anilines is 2. The van der Waals surface area contributed by atoms with E-state index in [4.69, 9.17) is 20.7 Å². The fourth-order valence-corrected chi connectivity index (χ4v) is 6.45. The van der Waals surface area contributed by atoms with Crippen molar-refractivity contribution in [1.29, 1.82) is 0 Å². The van der Waals surface area contributed by atoms with Crippen LogP contribution in [0.5, 0.6) is 0 Å². The third kappa shape index (κ3) is 5.55. The molecule has 6 N–H and O–H groups in total. The van der Waals surface area contributed by atoms with Crippen LogP contribution in [0.2, 0.25) is 0 Å². The molecule has 2 aromatic carbocycles. The first-order chi connectivity index (χ1) is 21.0. The number of imidazole rings is 1. The molecule has 0 spiro atoms. The van der Waals surface area contributed by atoms with E-state index in [2.05, 4.69) is 39.8 Å². The summed E-state index contributed by atoms with van der Waals surface area (Å²) in [5, 5.41) is 28.5. The molecule has 0 bridgehead atoms. The average molecular weight is 583 g/mol. The first-order valence-electron chi connectivity index (χ1n) is 15.2. The van der Waals surface area contributed by atoms with Gasteiger partial charge in [0, 0.05) is 37.5 Å². The zero-order valence-electron chi connectivity index (χ0n) is 24.0. The third-order valence-electron chi connectivity index (χ3n) is 9.08. The second-order valence-corrected chi connectivity index (χ2v) is 12.1. The molecule has 2 saturated carbocycles. The number of aromatic nitrogens is 4. The average Bonchev–Trinajstić information content (AvgIpc) is 3.57. The molecule has 1 amide bonds. The van der Waals surface area contributed by atoms with Crippen LogP contribution in [0.4, 0.5) is 11.8 Å². The van der Waals surface area contributed by atoms with Crippen molar-refractivity contribution in [3.63, 3.8) is 0 Å². The highest BCUT2D eigenvalue weighted by Gasteiger charge is 2.45. The SMILES string of the molecule is N[C@@H]1CCN(c2nc(NCC(c3ccccc3)c3ccccc3)c3ncn(C4C[C@H](NC(=O)C5CC5)[C@@H](O)[C@H]4O)c3n2)C1. The van der Waals surface area contributed by atoms with Gasteiger partial charge in [0.15, 0.2) is 17.0 Å². The van der Waals surface area contributed by atoms with Crippen molar-refractivity contribution in [3.05, 3.63) is 78.1 Å². The van der Waals surface area contributed by atoms with Gasteiger partial charge in [-0.25, -0.2) is 4.98 Å². The number of amides is 1. The minimum atomic E-state index is -1.09. The van der Waals surface area contributed by atoms with E-state index in [0.717, 1.165) is 25.8 Å². The maximum absolute atomic E-state index is 12.4. The lowest BCUT2D eigenvalue weighted by atomic mass is 9.91. The molecule has 0 radical (unpaired) electrons. The number of aliphatic hydroxyl groups excluding tert-OH is 2. The number of fused-ring (bicyclic) bond motifs is 1. The van der Waals surface area contributed by atoms with E-state index in [1.54, 1.807) is 6.33 Å². The number of hydrogen-bond donors (Lipinski definition) is 5. The van der Waals surface area contributed by atoms with Gasteiger partial charge in [-0.3, -0.25) is 4.79 Å². The number of carbonyl (C=O) groups is 1. The van der Waals surface area contributed by atoms with Gasteiger partial charge in [0.25, 0.3) is 0 Å². The largest absolute Gasteiger partial charge is 0.388 e. The number of benzene rings is 2. The van der Waals surface area contributed by atoms with Gasteiger partial charge >= 0.3 is 0 Å². The Kier molecular flexibility index (Phi) is 7.46. The Hall–Kier alpha value is -4.06. The standard InChI is InChI=1S/C32H38N8O3/c33-22-13-14-39(17-22)32-37-29(34-16-23(19-7-3-1-4-8-19)20-9-5-2-6-10-20)26-30(38-32)40(18-35-26)25-15-24(27(41)28(25)42)36-31(43)21-11-12-21/h1-10,18,21-25,27-28,41-42H,11-17,33H2,(H,36,43)(H,34,37,38)/t22-,24+,25?,27-,28+/m1/s1. The molecule has 43 heavy (non-hydrogen) atoms. The first-order valence-corrected chi connectivity index (χ1v) is 15.2. The molecule has 3 fully saturated rings. The molecule has 1 saturated heterocycles. The monoisotopic (exact) mass is 582 g/mol. The van der Waals surface area contributed by atoms with E-state index in [1.165, 1.54) is 11.1 Å². The Morgan fingerprint density at radius 3 is 2.30 bits per heavy atom. The fraction of sp³-hybridized carbons (Fsp3) is 0.438. The van der Waals surface area contributed by atoms with Gasteiger partial charge < -0.3 is 36.0 Å². The van der Waals surface area contributed by atoms with Crippen LogP contribution in [0, 0.1) is 5.92 Å². The van der Waals surface area contributed by atoms with Crippen LogP contribution in [-0.2, 0) is 4.79 Å². The number of nitrogens with zero attached hydrogens (tertiary/aromatic N) is 5. The molecule has 7 rings (SSSR count). The van der Waals surface area contributed by atoms with Gasteiger partial charge in [-0.2, -0.15) is 9.97 Å². The molecule has 3 aliphatic rings. The summed E-state index contributed by atoms with van der Waals surface area (Å²) in [6.45, 7) is 1.97. The van der Waals surface area contributed by atoms with Crippen molar-refractivity contribution in [1.82, 2.24) is 24.8 Å². The van der Waals surface area contributed by atoms with Gasteiger partial charge in [-0.1, -0.05) is 60.7 Å². The summed E-state index contributed by atoms with van der Waals surface area (Å²) in [4.78, 5) is 29.1. The Labute approximate surface area is 250 Å². The Morgan fingerprint density at radius 1 is 0.977 bits per heavy atom. The highest BCUT2D eigenvalue weighted by molar-refractivity contribution is 5.85. The molecule has 11 heteroatoms. The molecular weight excluding hydrogens is 544 g/mol. The molecular formula is C32H38N8O3. The smallest absolute Gasteiger partial charge is 0.229 e. The van der Waals surface area contributed by atoms with Gasteiger partial charge in [-0.15, -0.1) is 0 Å². The van der Waals surface area contributed by atoms with Crippen LogP contribution in [0.25, 0.3) is 11.2 Å². The highest BCUT2D eigenvalue weighted by atomic mass is 16.3. The van der Waals surface area contributed by atoms with Crippen LogP contribution >= 0.6 is 0 Å². The maximum Gasteiger partial charge on any atom is 0.229 e. The summed E-state index contributed by atoms with van der Waals surface area (Å²) in [6.07, 6.45) is 2.45. The van der Waals surface area contributed by atoms with Crippen molar-refractivity contribution in [2.24, 2.45) is 11.7 Å². The lowest BCUT2D eigenvalue weighted by Gasteiger charge is -2.22. The maximum atomic E-state index is 12.4. The molecule has 1 unspecified atom stereocenters. The number of aliphatic hydroxyl groups is 2. The van der Waals surface area contributed by atoms with Crippen LogP contribution in [0.15, 0.2) is 67.0 Å². The molecule has 5 atom stereocenters. The van der Waals surface area contributed by atoms with E-state index in [1.807, 2.05) is 41.0 Å². The summed E-state index contributed by atoms with van der Waals surface area (Å²) < 4.78 is 1.82. The predicted octanol–water partition coefficient (Wildman–Crippen LogP) is 2.17. The Balaban J connectivity index is 1.22. The lowest BCUT2D eigenvalue weighted by Crippen LogP contribution is -2.43. The molecule has 2 aliphatic carbocycles. The highest BCUT2D eigenvalue weighted by Crippen LogP contribution is 2.36. The molecule has 2 aromatic heterocycles. The van der Waals surface area contributed by atoms with Gasteiger partial charge in [0.2, 0.25) is 11.9 Å². The first kappa shape index (κ1) is 27.8. The van der Waals surface area contributed by atoms with Crippen LogP contribution < -0.4 is 21.3 Å². The van der Waals surface area contributed by atoms with Gasteiger partial charge in [-0.05, 0) is 36.8 Å². The summed E-state index contributed by atoms with van der Waals surface area (Å²) in [5.74, 6) is 1.18. The quantitative estimate of drug-likeness (QED) is 0.200. The number of carbonyl (C=O) groups excluding carboxylic acids is 1. The van der Waals surface area contributed by atoms with Crippen LogP contribution in [-0.4, -0.2) is 79.6 Å². The summed E-state index contributed by atoms with van der Waals surface area (Å²) in [7, 11) is 0. The van der Waals surface area contributed by atoms with Crippen LogP contribution in [0.1, 0.15) is 48.8 Å². The van der Waals surface area contributed by atoms with Crippen molar-refractivity contribution >= 4 is 28.8 Å². The topological polar surface area (TPSA) is 154 Å². The number of nitrogens with two attached hydrogens (primary N) is 1. The van der Waals surface area contributed by atoms with Crippen molar-refractivity contribution in [2.75, 3.05) is 29.9 Å². The number of hydrogen-bond acceptors (Lipinski definition) is 9. The normalized spacial score (nSPS) is 25.5. The van der Waals surface area contributed by atoms with Gasteiger partial charge in [0.1, 0.15) is 12.2 Å². The van der Waals surface area contributed by atoms with Crippen molar-refractivity contribution in [2.45, 2.75) is 61.9 Å². The number of rotatable bonds is 9. The zero-order valence-corrected chi connectivity index (χ0v) is 24.0. The minimum absolute atomic E-state index is 0.0174. The lowest BCUT2D eigenvalue weighted by molar-refractivity contribution is -0.123. The van der Waals surface area contributed by atoms with E-state index < -0.39 is 24.3 Å². The van der Waals surface area contributed by atoms with Crippen LogP contribution in [0.3, 0.4) is 0 Å². The molecule has 4 aromatic rings.